The van der Waals surface area contributed by atoms with Crippen LogP contribution in [0.25, 0.3) is 5.82 Å². The molecule has 2 rings (SSSR count). The van der Waals surface area contributed by atoms with Crippen LogP contribution in [0.2, 0.25) is 5.02 Å². The van der Waals surface area contributed by atoms with Crippen LogP contribution in [0.5, 0.6) is 0 Å². The molecule has 2 aromatic heterocycles. The predicted molar refractivity (Wildman–Crippen MR) is 74.8 cm³/mol. The standard InChI is InChI=1S/C13H15Cl2N3/c1-4-11-8(2)17-18(9(11)3)13-5-10(6-14)12(15)7-16-13/h5,7H,4,6H2,1-3H3. The number of hydrogen-bond donors (Lipinski definition) is 0. The first kappa shape index (κ1) is 13.4. The maximum atomic E-state index is 6.01. The Morgan fingerprint density at radius 3 is 2.61 bits per heavy atom. The van der Waals surface area contributed by atoms with Crippen molar-refractivity contribution in [2.45, 2.75) is 33.1 Å². The zero-order valence-corrected chi connectivity index (χ0v) is 12.2. The Balaban J connectivity index is 2.55. The third-order valence-electron chi connectivity index (χ3n) is 3.08. The van der Waals surface area contributed by atoms with Crippen molar-refractivity contribution >= 4 is 23.2 Å². The van der Waals surface area contributed by atoms with E-state index >= 15 is 0 Å². The van der Waals surface area contributed by atoms with Crippen LogP contribution in [0, 0.1) is 13.8 Å². The molecule has 0 saturated heterocycles. The normalized spacial score (nSPS) is 10.9. The van der Waals surface area contributed by atoms with E-state index in [-0.39, 0.29) is 0 Å². The molecule has 0 spiro atoms. The van der Waals surface area contributed by atoms with Gasteiger partial charge in [0, 0.05) is 17.8 Å². The molecule has 3 nitrogen and oxygen atoms in total. The van der Waals surface area contributed by atoms with Crippen LogP contribution in [-0.2, 0) is 12.3 Å². The second-order valence-electron chi connectivity index (χ2n) is 4.18. The molecule has 0 saturated carbocycles. The molecule has 0 bridgehead atoms. The Bertz CT molecular complexity index is 576. The molecule has 0 radical (unpaired) electrons. The first-order chi connectivity index (χ1) is 8.58. The summed E-state index contributed by atoms with van der Waals surface area (Å²) >= 11 is 11.9. The van der Waals surface area contributed by atoms with Crippen LogP contribution >= 0.6 is 23.2 Å². The second kappa shape index (κ2) is 5.29. The van der Waals surface area contributed by atoms with E-state index < -0.39 is 0 Å². The maximum absolute atomic E-state index is 6.01. The van der Waals surface area contributed by atoms with Crippen molar-refractivity contribution in [3.05, 3.63) is 39.8 Å². The van der Waals surface area contributed by atoms with Gasteiger partial charge in [0.25, 0.3) is 0 Å². The van der Waals surface area contributed by atoms with E-state index in [2.05, 4.69) is 23.9 Å². The Hall–Kier alpha value is -1.06. The summed E-state index contributed by atoms with van der Waals surface area (Å²) in [5, 5.41) is 5.11. The van der Waals surface area contributed by atoms with Gasteiger partial charge in [0.1, 0.15) is 0 Å². The molecule has 5 heteroatoms. The van der Waals surface area contributed by atoms with Gasteiger partial charge in [-0.25, -0.2) is 9.67 Å². The van der Waals surface area contributed by atoms with Crippen LogP contribution in [0.4, 0.5) is 0 Å². The summed E-state index contributed by atoms with van der Waals surface area (Å²) in [6.45, 7) is 6.19. The lowest BCUT2D eigenvalue weighted by Crippen LogP contribution is -2.03. The van der Waals surface area contributed by atoms with Gasteiger partial charge in [0.15, 0.2) is 5.82 Å². The van der Waals surface area contributed by atoms with Crippen LogP contribution in [0.3, 0.4) is 0 Å². The third kappa shape index (κ3) is 2.25. The van der Waals surface area contributed by atoms with Crippen LogP contribution in [0.15, 0.2) is 12.3 Å². The van der Waals surface area contributed by atoms with Gasteiger partial charge in [0.2, 0.25) is 0 Å². The molecule has 96 valence electrons. The summed E-state index contributed by atoms with van der Waals surface area (Å²) in [4.78, 5) is 4.32. The van der Waals surface area contributed by atoms with Crippen molar-refractivity contribution < 1.29 is 0 Å². The molecule has 0 atom stereocenters. The largest absolute Gasteiger partial charge is 0.236 e. The fourth-order valence-corrected chi connectivity index (χ4v) is 2.56. The molecule has 0 unspecified atom stereocenters. The number of aryl methyl sites for hydroxylation is 1. The highest BCUT2D eigenvalue weighted by Crippen LogP contribution is 2.22. The van der Waals surface area contributed by atoms with Gasteiger partial charge in [-0.05, 0) is 37.5 Å². The maximum Gasteiger partial charge on any atom is 0.153 e. The van der Waals surface area contributed by atoms with Gasteiger partial charge in [0.05, 0.1) is 10.7 Å². The van der Waals surface area contributed by atoms with Crippen molar-refractivity contribution in [1.82, 2.24) is 14.8 Å². The lowest BCUT2D eigenvalue weighted by Gasteiger charge is -2.06. The number of nitrogens with zero attached hydrogens (tertiary/aromatic N) is 3. The van der Waals surface area contributed by atoms with Gasteiger partial charge in [-0.2, -0.15) is 5.10 Å². The van der Waals surface area contributed by atoms with E-state index in [0.29, 0.717) is 10.9 Å². The average molecular weight is 284 g/mol. The molecule has 0 aliphatic rings. The summed E-state index contributed by atoms with van der Waals surface area (Å²) in [6, 6.07) is 1.88. The van der Waals surface area contributed by atoms with Gasteiger partial charge < -0.3 is 0 Å². The lowest BCUT2D eigenvalue weighted by molar-refractivity contribution is 0.803. The van der Waals surface area contributed by atoms with Crippen LogP contribution < -0.4 is 0 Å². The minimum Gasteiger partial charge on any atom is -0.236 e. The highest BCUT2D eigenvalue weighted by Gasteiger charge is 2.13. The molecule has 0 aliphatic carbocycles. The Kier molecular flexibility index (Phi) is 3.93. The monoisotopic (exact) mass is 283 g/mol. The second-order valence-corrected chi connectivity index (χ2v) is 4.86. The van der Waals surface area contributed by atoms with Gasteiger partial charge >= 0.3 is 0 Å². The minimum atomic E-state index is 0.369. The third-order valence-corrected chi connectivity index (χ3v) is 3.70. The van der Waals surface area contributed by atoms with Crippen LogP contribution in [0.1, 0.15) is 29.4 Å². The molecular formula is C13H15Cl2N3. The Labute approximate surface area is 117 Å². The molecular weight excluding hydrogens is 269 g/mol. The average Bonchev–Trinajstić information content (AvgIpc) is 2.65. The fourth-order valence-electron chi connectivity index (χ4n) is 2.10. The van der Waals surface area contributed by atoms with Gasteiger partial charge in [-0.1, -0.05) is 18.5 Å². The smallest absolute Gasteiger partial charge is 0.153 e. The van der Waals surface area contributed by atoms with E-state index in [1.807, 2.05) is 17.7 Å². The van der Waals surface area contributed by atoms with Crippen molar-refractivity contribution in [2.75, 3.05) is 0 Å². The van der Waals surface area contributed by atoms with Gasteiger partial charge in [-0.15, -0.1) is 11.6 Å². The molecule has 0 fully saturated rings. The molecule has 0 aromatic carbocycles. The van der Waals surface area contributed by atoms with Gasteiger partial charge in [-0.3, -0.25) is 0 Å². The number of hydrogen-bond acceptors (Lipinski definition) is 2. The van der Waals surface area contributed by atoms with E-state index in [1.54, 1.807) is 6.20 Å². The number of aromatic nitrogens is 3. The first-order valence-electron chi connectivity index (χ1n) is 5.84. The Morgan fingerprint density at radius 2 is 2.06 bits per heavy atom. The highest BCUT2D eigenvalue weighted by molar-refractivity contribution is 6.32. The minimum absolute atomic E-state index is 0.369. The van der Waals surface area contributed by atoms with Crippen molar-refractivity contribution in [2.24, 2.45) is 0 Å². The zero-order chi connectivity index (χ0) is 13.3. The van der Waals surface area contributed by atoms with Crippen molar-refractivity contribution in [3.8, 4) is 5.82 Å². The number of halogens is 2. The number of rotatable bonds is 3. The molecule has 18 heavy (non-hydrogen) atoms. The fraction of sp³-hybridized carbons (Fsp3) is 0.385. The molecule has 2 aromatic rings. The first-order valence-corrected chi connectivity index (χ1v) is 6.75. The van der Waals surface area contributed by atoms with E-state index in [4.69, 9.17) is 23.2 Å². The summed E-state index contributed by atoms with van der Waals surface area (Å²) in [5.74, 6) is 1.13. The van der Waals surface area contributed by atoms with E-state index in [9.17, 15) is 0 Å². The van der Waals surface area contributed by atoms with Crippen molar-refractivity contribution in [3.63, 3.8) is 0 Å². The van der Waals surface area contributed by atoms with Crippen LogP contribution in [-0.4, -0.2) is 14.8 Å². The number of pyridine rings is 1. The zero-order valence-electron chi connectivity index (χ0n) is 10.7. The van der Waals surface area contributed by atoms with E-state index in [1.165, 1.54) is 5.56 Å². The number of alkyl halides is 1. The SMILES string of the molecule is CCc1c(C)nn(-c2cc(CCl)c(Cl)cn2)c1C. The summed E-state index contributed by atoms with van der Waals surface area (Å²) < 4.78 is 1.85. The molecule has 2 heterocycles. The lowest BCUT2D eigenvalue weighted by atomic mass is 10.1. The quantitative estimate of drug-likeness (QED) is 0.802. The molecule has 0 amide bonds. The molecule has 0 aliphatic heterocycles. The predicted octanol–water partition coefficient (Wildman–Crippen LogP) is 3.84. The molecule has 0 N–H and O–H groups in total. The topological polar surface area (TPSA) is 30.7 Å². The highest BCUT2D eigenvalue weighted by atomic mass is 35.5. The summed E-state index contributed by atoms with van der Waals surface area (Å²) in [7, 11) is 0. The summed E-state index contributed by atoms with van der Waals surface area (Å²) in [6.07, 6.45) is 2.59. The van der Waals surface area contributed by atoms with E-state index in [0.717, 1.165) is 29.2 Å². The van der Waals surface area contributed by atoms with Crippen molar-refractivity contribution in [1.29, 1.82) is 0 Å². The Morgan fingerprint density at radius 1 is 1.33 bits per heavy atom. The summed E-state index contributed by atoms with van der Waals surface area (Å²) in [5.41, 5.74) is 4.29.